The van der Waals surface area contributed by atoms with Gasteiger partial charge in [0.15, 0.2) is 0 Å². The van der Waals surface area contributed by atoms with Gasteiger partial charge in [-0.05, 0) is 25.0 Å². The molecule has 5 nitrogen and oxygen atoms in total. The molecule has 0 bridgehead atoms. The quantitative estimate of drug-likeness (QED) is 0.914. The highest BCUT2D eigenvalue weighted by atomic mass is 35.5. The number of rotatable bonds is 5. The molecule has 1 aliphatic carbocycles. The number of fused-ring (bicyclic) bond motifs is 1. The Morgan fingerprint density at radius 1 is 1.53 bits per heavy atom. The molecule has 0 unspecified atom stereocenters. The van der Waals surface area contributed by atoms with Gasteiger partial charge in [0.25, 0.3) is 0 Å². The Kier molecular flexibility index (Phi) is 3.16. The fraction of sp³-hybridized carbons (Fsp3) is 0.385. The lowest BCUT2D eigenvalue weighted by Crippen LogP contribution is -2.10. The van der Waals surface area contributed by atoms with Gasteiger partial charge >= 0.3 is 5.97 Å². The van der Waals surface area contributed by atoms with Crippen LogP contribution in [-0.2, 0) is 16.1 Å². The van der Waals surface area contributed by atoms with Crippen LogP contribution in [0.25, 0.3) is 11.0 Å². The molecule has 0 amide bonds. The van der Waals surface area contributed by atoms with Crippen molar-refractivity contribution in [3.8, 4) is 0 Å². The van der Waals surface area contributed by atoms with Crippen LogP contribution in [0.3, 0.4) is 0 Å². The van der Waals surface area contributed by atoms with E-state index in [9.17, 15) is 4.79 Å². The van der Waals surface area contributed by atoms with Crippen molar-refractivity contribution < 1.29 is 14.6 Å². The molecule has 0 spiro atoms. The first-order valence-corrected chi connectivity index (χ1v) is 6.49. The van der Waals surface area contributed by atoms with E-state index in [-0.39, 0.29) is 13.2 Å². The Morgan fingerprint density at radius 3 is 3.00 bits per heavy atom. The van der Waals surface area contributed by atoms with Gasteiger partial charge in [0, 0.05) is 6.04 Å². The van der Waals surface area contributed by atoms with Crippen LogP contribution in [0.1, 0.15) is 24.7 Å². The zero-order valence-corrected chi connectivity index (χ0v) is 10.9. The summed E-state index contributed by atoms with van der Waals surface area (Å²) in [6.07, 6.45) is 2.20. The number of halogens is 1. The molecule has 0 aliphatic heterocycles. The van der Waals surface area contributed by atoms with E-state index in [4.69, 9.17) is 21.4 Å². The summed E-state index contributed by atoms with van der Waals surface area (Å²) in [6, 6.07) is 6.01. The van der Waals surface area contributed by atoms with Crippen LogP contribution >= 0.6 is 11.6 Å². The van der Waals surface area contributed by atoms with Gasteiger partial charge in [-0.2, -0.15) is 0 Å². The number of aliphatic carboxylic acids is 1. The summed E-state index contributed by atoms with van der Waals surface area (Å²) in [7, 11) is 0. The Hall–Kier alpha value is -1.59. The van der Waals surface area contributed by atoms with Gasteiger partial charge in [0.2, 0.25) is 0 Å². The number of hydrogen-bond acceptors (Lipinski definition) is 3. The third-order valence-corrected chi connectivity index (χ3v) is 3.41. The summed E-state index contributed by atoms with van der Waals surface area (Å²) < 4.78 is 7.23. The Labute approximate surface area is 114 Å². The molecule has 0 saturated heterocycles. The summed E-state index contributed by atoms with van der Waals surface area (Å²) in [5.74, 6) is -0.237. The predicted octanol–water partition coefficient (Wildman–Crippen LogP) is 2.63. The van der Waals surface area contributed by atoms with Crippen molar-refractivity contribution in [2.45, 2.75) is 25.5 Å². The molecule has 1 heterocycles. The zero-order chi connectivity index (χ0) is 13.4. The minimum atomic E-state index is -0.980. The molecule has 0 atom stereocenters. The maximum atomic E-state index is 10.5. The van der Waals surface area contributed by atoms with Crippen molar-refractivity contribution in [2.75, 3.05) is 6.61 Å². The average Bonchev–Trinajstić information content (AvgIpc) is 3.11. The highest BCUT2D eigenvalue weighted by Gasteiger charge is 2.29. The highest BCUT2D eigenvalue weighted by Crippen LogP contribution is 2.40. The van der Waals surface area contributed by atoms with E-state index < -0.39 is 5.97 Å². The summed E-state index contributed by atoms with van der Waals surface area (Å²) in [4.78, 5) is 15.0. The second-order valence-electron chi connectivity index (χ2n) is 4.62. The molecule has 1 aromatic carbocycles. The van der Waals surface area contributed by atoms with E-state index in [1.165, 1.54) is 0 Å². The van der Waals surface area contributed by atoms with Crippen molar-refractivity contribution in [2.24, 2.45) is 0 Å². The summed E-state index contributed by atoms with van der Waals surface area (Å²) in [6.45, 7) is -0.130. The van der Waals surface area contributed by atoms with Gasteiger partial charge in [-0.1, -0.05) is 17.7 Å². The number of hydrogen-bond donors (Lipinski definition) is 1. The standard InChI is InChI=1S/C13H13ClN2O3/c14-9-2-1-3-10-13(9)16(8-4-5-8)11(15-10)6-19-7-12(17)18/h1-3,8H,4-7H2,(H,17,18). The van der Waals surface area contributed by atoms with E-state index in [0.29, 0.717) is 11.1 Å². The molecule has 1 saturated carbocycles. The Morgan fingerprint density at radius 2 is 2.32 bits per heavy atom. The van der Waals surface area contributed by atoms with Crippen molar-refractivity contribution >= 4 is 28.6 Å². The number of aromatic nitrogens is 2. The molecule has 100 valence electrons. The number of imidazole rings is 1. The maximum Gasteiger partial charge on any atom is 0.329 e. The van der Waals surface area contributed by atoms with E-state index in [0.717, 1.165) is 29.7 Å². The van der Waals surface area contributed by atoms with E-state index in [1.54, 1.807) is 0 Å². The summed E-state index contributed by atoms with van der Waals surface area (Å²) >= 11 is 6.24. The maximum absolute atomic E-state index is 10.5. The van der Waals surface area contributed by atoms with Gasteiger partial charge in [-0.25, -0.2) is 9.78 Å². The van der Waals surface area contributed by atoms with Crippen LogP contribution in [-0.4, -0.2) is 27.2 Å². The summed E-state index contributed by atoms with van der Waals surface area (Å²) in [5, 5.41) is 9.26. The van der Waals surface area contributed by atoms with E-state index >= 15 is 0 Å². The van der Waals surface area contributed by atoms with E-state index in [2.05, 4.69) is 9.55 Å². The molecule has 3 rings (SSSR count). The first kappa shape index (κ1) is 12.4. The average molecular weight is 281 g/mol. The smallest absolute Gasteiger partial charge is 0.329 e. The third kappa shape index (κ3) is 2.43. The second kappa shape index (κ2) is 4.83. The molecule has 1 fully saturated rings. The van der Waals surface area contributed by atoms with Crippen molar-refractivity contribution in [3.05, 3.63) is 29.0 Å². The molecule has 19 heavy (non-hydrogen) atoms. The number of ether oxygens (including phenoxy) is 1. The van der Waals surface area contributed by atoms with Crippen molar-refractivity contribution in [1.29, 1.82) is 0 Å². The number of nitrogens with zero attached hydrogens (tertiary/aromatic N) is 2. The van der Waals surface area contributed by atoms with Crippen LogP contribution < -0.4 is 0 Å². The largest absolute Gasteiger partial charge is 0.480 e. The summed E-state index contributed by atoms with van der Waals surface area (Å²) in [5.41, 5.74) is 1.74. The number of carboxylic acid groups (broad SMARTS) is 1. The minimum Gasteiger partial charge on any atom is -0.480 e. The van der Waals surface area contributed by atoms with Crippen LogP contribution in [0.4, 0.5) is 0 Å². The molecular weight excluding hydrogens is 268 g/mol. The minimum absolute atomic E-state index is 0.188. The van der Waals surface area contributed by atoms with Crippen LogP contribution in [0.15, 0.2) is 18.2 Å². The van der Waals surface area contributed by atoms with Crippen LogP contribution in [0.5, 0.6) is 0 Å². The Bertz CT molecular complexity index is 634. The zero-order valence-electron chi connectivity index (χ0n) is 10.2. The number of carbonyl (C=O) groups is 1. The lowest BCUT2D eigenvalue weighted by molar-refractivity contribution is -0.142. The number of para-hydroxylation sites is 1. The molecular formula is C13H13ClN2O3. The lowest BCUT2D eigenvalue weighted by Gasteiger charge is -2.08. The van der Waals surface area contributed by atoms with Gasteiger partial charge in [-0.15, -0.1) is 0 Å². The lowest BCUT2D eigenvalue weighted by atomic mass is 10.3. The number of benzene rings is 1. The van der Waals surface area contributed by atoms with Crippen LogP contribution in [0.2, 0.25) is 5.02 Å². The fourth-order valence-corrected chi connectivity index (χ4v) is 2.47. The van der Waals surface area contributed by atoms with Crippen LogP contribution in [0, 0.1) is 0 Å². The first-order chi connectivity index (χ1) is 9.16. The molecule has 1 N–H and O–H groups in total. The van der Waals surface area contributed by atoms with Gasteiger partial charge in [0.05, 0.1) is 16.1 Å². The normalized spacial score (nSPS) is 15.0. The van der Waals surface area contributed by atoms with Gasteiger partial charge in [-0.3, -0.25) is 0 Å². The fourth-order valence-electron chi connectivity index (χ4n) is 2.21. The topological polar surface area (TPSA) is 64.3 Å². The van der Waals surface area contributed by atoms with E-state index in [1.807, 2.05) is 18.2 Å². The second-order valence-corrected chi connectivity index (χ2v) is 5.03. The molecule has 1 aromatic heterocycles. The van der Waals surface area contributed by atoms with Gasteiger partial charge in [0.1, 0.15) is 19.0 Å². The first-order valence-electron chi connectivity index (χ1n) is 6.11. The predicted molar refractivity (Wildman–Crippen MR) is 70.3 cm³/mol. The molecule has 2 aromatic rings. The third-order valence-electron chi connectivity index (χ3n) is 3.10. The monoisotopic (exact) mass is 280 g/mol. The SMILES string of the molecule is O=C(O)COCc1nc2cccc(Cl)c2n1C1CC1. The van der Waals surface area contributed by atoms with Gasteiger partial charge < -0.3 is 14.4 Å². The van der Waals surface area contributed by atoms with Crippen molar-refractivity contribution in [1.82, 2.24) is 9.55 Å². The molecule has 1 aliphatic rings. The Balaban J connectivity index is 1.96. The molecule has 0 radical (unpaired) electrons. The molecule has 6 heteroatoms. The number of carboxylic acids is 1. The van der Waals surface area contributed by atoms with Crippen molar-refractivity contribution in [3.63, 3.8) is 0 Å². The highest BCUT2D eigenvalue weighted by molar-refractivity contribution is 6.35.